The highest BCUT2D eigenvalue weighted by atomic mass is 32.1. The molecule has 1 saturated heterocycles. The van der Waals surface area contributed by atoms with E-state index in [-0.39, 0.29) is 11.7 Å². The first-order chi connectivity index (χ1) is 11.6. The SMILES string of the molecule is CCOc1cccc(/C=C2/NC(=S)N(c3ccccc3)C2=O)c1O. The van der Waals surface area contributed by atoms with Crippen LogP contribution in [0.15, 0.2) is 54.2 Å². The van der Waals surface area contributed by atoms with E-state index in [1.54, 1.807) is 24.3 Å². The summed E-state index contributed by atoms with van der Waals surface area (Å²) in [5.74, 6) is 0.0951. The van der Waals surface area contributed by atoms with Gasteiger partial charge in [0.05, 0.1) is 12.3 Å². The molecule has 1 aliphatic rings. The molecule has 2 N–H and O–H groups in total. The Hall–Kier alpha value is -2.86. The topological polar surface area (TPSA) is 61.8 Å². The zero-order valence-corrected chi connectivity index (χ0v) is 13.8. The second kappa shape index (κ2) is 6.72. The minimum Gasteiger partial charge on any atom is -0.504 e. The molecule has 1 heterocycles. The molecule has 0 saturated carbocycles. The molecule has 122 valence electrons. The number of phenolic OH excluding ortho intramolecular Hbond substituents is 1. The van der Waals surface area contributed by atoms with E-state index in [2.05, 4.69) is 5.32 Å². The molecule has 0 unspecified atom stereocenters. The van der Waals surface area contributed by atoms with Gasteiger partial charge in [0.1, 0.15) is 5.70 Å². The van der Waals surface area contributed by atoms with Crippen molar-refractivity contribution in [2.75, 3.05) is 11.5 Å². The summed E-state index contributed by atoms with van der Waals surface area (Å²) in [6, 6.07) is 14.3. The summed E-state index contributed by atoms with van der Waals surface area (Å²) in [7, 11) is 0. The second-order valence-electron chi connectivity index (χ2n) is 5.09. The number of anilines is 1. The Bertz CT molecular complexity index is 818. The Kier molecular flexibility index (Phi) is 4.48. The fraction of sp³-hybridized carbons (Fsp3) is 0.111. The van der Waals surface area contributed by atoms with Gasteiger partial charge in [-0.25, -0.2) is 0 Å². The van der Waals surface area contributed by atoms with Gasteiger partial charge in [-0.1, -0.05) is 30.3 Å². The number of carbonyl (C=O) groups excluding carboxylic acids is 1. The van der Waals surface area contributed by atoms with E-state index in [9.17, 15) is 9.90 Å². The predicted octanol–water partition coefficient (Wildman–Crippen LogP) is 3.05. The first-order valence-electron chi connectivity index (χ1n) is 7.48. The number of hydrogen-bond acceptors (Lipinski definition) is 4. The lowest BCUT2D eigenvalue weighted by molar-refractivity contribution is -0.113. The number of benzene rings is 2. The van der Waals surface area contributed by atoms with Crippen molar-refractivity contribution in [2.24, 2.45) is 0 Å². The number of carbonyl (C=O) groups is 1. The first-order valence-corrected chi connectivity index (χ1v) is 7.89. The van der Waals surface area contributed by atoms with Gasteiger partial charge in [0.2, 0.25) is 0 Å². The lowest BCUT2D eigenvalue weighted by Gasteiger charge is -2.13. The van der Waals surface area contributed by atoms with Gasteiger partial charge >= 0.3 is 0 Å². The molecule has 0 atom stereocenters. The average molecular weight is 340 g/mol. The lowest BCUT2D eigenvalue weighted by Crippen LogP contribution is -2.30. The van der Waals surface area contributed by atoms with Crippen LogP contribution in [-0.4, -0.2) is 22.7 Å². The largest absolute Gasteiger partial charge is 0.504 e. The van der Waals surface area contributed by atoms with Crippen LogP contribution in [-0.2, 0) is 4.79 Å². The molecule has 24 heavy (non-hydrogen) atoms. The van der Waals surface area contributed by atoms with Crippen LogP contribution in [0, 0.1) is 0 Å². The molecule has 2 aromatic carbocycles. The molecular weight excluding hydrogens is 324 g/mol. The number of aromatic hydroxyl groups is 1. The normalized spacial score (nSPS) is 15.7. The molecule has 1 amide bonds. The van der Waals surface area contributed by atoms with Crippen molar-refractivity contribution in [1.29, 1.82) is 0 Å². The van der Waals surface area contributed by atoms with E-state index in [1.807, 2.05) is 37.3 Å². The molecule has 2 aromatic rings. The number of thiocarbonyl (C=S) groups is 1. The minimum atomic E-state index is -0.271. The van der Waals surface area contributed by atoms with E-state index in [0.717, 1.165) is 0 Å². The maximum absolute atomic E-state index is 12.6. The number of phenols is 1. The maximum Gasteiger partial charge on any atom is 0.281 e. The van der Waals surface area contributed by atoms with Crippen molar-refractivity contribution in [3.05, 3.63) is 59.8 Å². The minimum absolute atomic E-state index is 0.00877. The number of nitrogens with one attached hydrogen (secondary N) is 1. The summed E-state index contributed by atoms with van der Waals surface area (Å²) in [5.41, 5.74) is 1.47. The van der Waals surface area contributed by atoms with Crippen LogP contribution >= 0.6 is 12.2 Å². The molecule has 0 bridgehead atoms. The van der Waals surface area contributed by atoms with E-state index in [1.165, 1.54) is 4.90 Å². The van der Waals surface area contributed by atoms with Gasteiger partial charge < -0.3 is 15.2 Å². The Morgan fingerprint density at radius 1 is 1.21 bits per heavy atom. The molecule has 5 nitrogen and oxygen atoms in total. The van der Waals surface area contributed by atoms with Crippen molar-refractivity contribution in [2.45, 2.75) is 6.92 Å². The van der Waals surface area contributed by atoms with Crippen molar-refractivity contribution in [3.8, 4) is 11.5 Å². The summed E-state index contributed by atoms with van der Waals surface area (Å²) >= 11 is 5.26. The third-order valence-corrected chi connectivity index (χ3v) is 3.81. The molecule has 0 aromatic heterocycles. The van der Waals surface area contributed by atoms with E-state index in [0.29, 0.717) is 34.4 Å². The van der Waals surface area contributed by atoms with E-state index >= 15 is 0 Å². The Balaban J connectivity index is 1.94. The third-order valence-electron chi connectivity index (χ3n) is 3.52. The van der Waals surface area contributed by atoms with Gasteiger partial charge in [-0.05, 0) is 43.4 Å². The van der Waals surface area contributed by atoms with Gasteiger partial charge in [0.25, 0.3) is 5.91 Å². The van der Waals surface area contributed by atoms with Crippen LogP contribution < -0.4 is 15.0 Å². The van der Waals surface area contributed by atoms with Gasteiger partial charge in [-0.2, -0.15) is 0 Å². The number of amides is 1. The summed E-state index contributed by atoms with van der Waals surface area (Å²) in [6.07, 6.45) is 1.56. The van der Waals surface area contributed by atoms with Crippen molar-refractivity contribution < 1.29 is 14.6 Å². The van der Waals surface area contributed by atoms with Gasteiger partial charge in [-0.3, -0.25) is 9.69 Å². The van der Waals surface area contributed by atoms with E-state index in [4.69, 9.17) is 17.0 Å². The van der Waals surface area contributed by atoms with Crippen LogP contribution in [0.3, 0.4) is 0 Å². The molecular formula is C18H16N2O3S. The van der Waals surface area contributed by atoms with E-state index < -0.39 is 0 Å². The summed E-state index contributed by atoms with van der Waals surface area (Å²) in [5, 5.41) is 13.5. The standard InChI is InChI=1S/C18H16N2O3S/c1-2-23-15-10-6-7-12(16(15)21)11-14-17(22)20(18(24)19-14)13-8-4-3-5-9-13/h3-11,21H,2H2,1H3,(H,19,24)/b14-11+. The number of nitrogens with zero attached hydrogens (tertiary/aromatic N) is 1. The van der Waals surface area contributed by atoms with Crippen LogP contribution in [0.25, 0.3) is 6.08 Å². The van der Waals surface area contributed by atoms with Gasteiger partial charge in [0, 0.05) is 5.56 Å². The van der Waals surface area contributed by atoms with Crippen molar-refractivity contribution in [1.82, 2.24) is 5.32 Å². The zero-order chi connectivity index (χ0) is 17.1. The van der Waals surface area contributed by atoms with Gasteiger partial charge in [0.15, 0.2) is 16.6 Å². The molecule has 1 aliphatic heterocycles. The fourth-order valence-corrected chi connectivity index (χ4v) is 2.73. The molecule has 1 fully saturated rings. The highest BCUT2D eigenvalue weighted by Gasteiger charge is 2.32. The fourth-order valence-electron chi connectivity index (χ4n) is 2.43. The summed E-state index contributed by atoms with van der Waals surface area (Å²) in [4.78, 5) is 14.1. The average Bonchev–Trinajstić information content (AvgIpc) is 2.86. The number of rotatable bonds is 4. The Morgan fingerprint density at radius 2 is 1.96 bits per heavy atom. The highest BCUT2D eigenvalue weighted by Crippen LogP contribution is 2.32. The number of para-hydroxylation sites is 2. The monoisotopic (exact) mass is 340 g/mol. The smallest absolute Gasteiger partial charge is 0.281 e. The number of ether oxygens (including phenoxy) is 1. The third kappa shape index (κ3) is 2.96. The van der Waals surface area contributed by atoms with Crippen LogP contribution in [0.1, 0.15) is 12.5 Å². The van der Waals surface area contributed by atoms with Crippen LogP contribution in [0.5, 0.6) is 11.5 Å². The van der Waals surface area contributed by atoms with Crippen molar-refractivity contribution in [3.63, 3.8) is 0 Å². The molecule has 3 rings (SSSR count). The van der Waals surface area contributed by atoms with Crippen molar-refractivity contribution >= 4 is 35.0 Å². The first kappa shape index (κ1) is 16.0. The van der Waals surface area contributed by atoms with Gasteiger partial charge in [-0.15, -0.1) is 0 Å². The zero-order valence-electron chi connectivity index (χ0n) is 13.0. The van der Waals surface area contributed by atoms with Crippen LogP contribution in [0.4, 0.5) is 5.69 Å². The molecule has 0 aliphatic carbocycles. The van der Waals surface area contributed by atoms with Crippen LogP contribution in [0.2, 0.25) is 0 Å². The molecule has 0 radical (unpaired) electrons. The highest BCUT2D eigenvalue weighted by molar-refractivity contribution is 7.80. The quantitative estimate of drug-likeness (QED) is 0.662. The number of hydrogen-bond donors (Lipinski definition) is 2. The summed E-state index contributed by atoms with van der Waals surface area (Å²) in [6.45, 7) is 2.28. The lowest BCUT2D eigenvalue weighted by atomic mass is 10.1. The second-order valence-corrected chi connectivity index (χ2v) is 5.48. The predicted molar refractivity (Wildman–Crippen MR) is 96.9 cm³/mol. The summed E-state index contributed by atoms with van der Waals surface area (Å²) < 4.78 is 5.36. The Labute approximate surface area is 145 Å². The Morgan fingerprint density at radius 3 is 2.67 bits per heavy atom. The molecule has 0 spiro atoms. The molecule has 6 heteroatoms. The maximum atomic E-state index is 12.6.